The highest BCUT2D eigenvalue weighted by Crippen LogP contribution is 2.33. The van der Waals surface area contributed by atoms with Crippen molar-refractivity contribution in [1.29, 1.82) is 0 Å². The fraction of sp³-hybridized carbons (Fsp3) is 0.857. The van der Waals surface area contributed by atoms with Crippen LogP contribution in [0.2, 0.25) is 0 Å². The average molecular weight is 250 g/mol. The summed E-state index contributed by atoms with van der Waals surface area (Å²) >= 11 is 0. The molecule has 0 bridgehead atoms. The summed E-state index contributed by atoms with van der Waals surface area (Å²) in [6, 6.07) is 0.588. The number of nitrogens with one attached hydrogen (secondary N) is 1. The van der Waals surface area contributed by atoms with Gasteiger partial charge in [-0.05, 0) is 38.1 Å². The van der Waals surface area contributed by atoms with Crippen LogP contribution in [0.1, 0.15) is 45.9 Å². The first kappa shape index (κ1) is 13.5. The molecule has 2 rings (SSSR count). The lowest BCUT2D eigenvalue weighted by atomic mass is 9.92. The maximum atomic E-state index is 4.41. The van der Waals surface area contributed by atoms with Gasteiger partial charge in [0, 0.05) is 19.0 Å². The van der Waals surface area contributed by atoms with Crippen LogP contribution in [0.5, 0.6) is 0 Å². The van der Waals surface area contributed by atoms with E-state index in [2.05, 4.69) is 36.2 Å². The molecule has 0 aliphatic heterocycles. The molecule has 1 aliphatic carbocycles. The Hall–Kier alpha value is -0.900. The second-order valence-electron chi connectivity index (χ2n) is 5.71. The first-order chi connectivity index (χ1) is 8.70. The maximum absolute atomic E-state index is 4.41. The number of hydrogen-bond acceptors (Lipinski definition) is 3. The lowest BCUT2D eigenvalue weighted by Crippen LogP contribution is -2.31. The van der Waals surface area contributed by atoms with E-state index < -0.39 is 0 Å². The van der Waals surface area contributed by atoms with Gasteiger partial charge in [-0.2, -0.15) is 5.10 Å². The van der Waals surface area contributed by atoms with Gasteiger partial charge in [-0.25, -0.2) is 4.98 Å². The quantitative estimate of drug-likeness (QED) is 0.842. The normalized spacial score (nSPS) is 24.0. The zero-order valence-corrected chi connectivity index (χ0v) is 11.9. The van der Waals surface area contributed by atoms with Crippen LogP contribution in [0, 0.1) is 11.8 Å². The zero-order valence-electron chi connectivity index (χ0n) is 11.9. The number of aryl methyl sites for hydroxylation is 1. The second kappa shape index (κ2) is 6.32. The number of hydrogen-bond donors (Lipinski definition) is 1. The third kappa shape index (κ3) is 3.31. The van der Waals surface area contributed by atoms with Crippen molar-refractivity contribution in [3.8, 4) is 0 Å². The van der Waals surface area contributed by atoms with Crippen LogP contribution in [0.15, 0.2) is 6.33 Å². The number of aromatic nitrogens is 3. The van der Waals surface area contributed by atoms with E-state index in [0.29, 0.717) is 6.04 Å². The Morgan fingerprint density at radius 1 is 1.39 bits per heavy atom. The highest BCUT2D eigenvalue weighted by Gasteiger charge is 2.28. The van der Waals surface area contributed by atoms with Crippen LogP contribution >= 0.6 is 0 Å². The Morgan fingerprint density at radius 2 is 2.17 bits per heavy atom. The molecule has 4 nitrogen and oxygen atoms in total. The lowest BCUT2D eigenvalue weighted by Gasteiger charge is -2.21. The largest absolute Gasteiger partial charge is 0.314 e. The van der Waals surface area contributed by atoms with E-state index >= 15 is 0 Å². The van der Waals surface area contributed by atoms with E-state index in [-0.39, 0.29) is 0 Å². The molecule has 1 aromatic rings. The molecule has 0 saturated heterocycles. The molecule has 1 saturated carbocycles. The Labute approximate surface area is 110 Å². The van der Waals surface area contributed by atoms with Crippen molar-refractivity contribution in [2.24, 2.45) is 11.8 Å². The Bertz CT molecular complexity index is 358. The highest BCUT2D eigenvalue weighted by atomic mass is 15.3. The molecule has 2 unspecified atom stereocenters. The van der Waals surface area contributed by atoms with Crippen molar-refractivity contribution in [2.45, 2.75) is 59.0 Å². The fourth-order valence-electron chi connectivity index (χ4n) is 2.98. The van der Waals surface area contributed by atoms with Gasteiger partial charge < -0.3 is 5.32 Å². The second-order valence-corrected chi connectivity index (χ2v) is 5.71. The summed E-state index contributed by atoms with van der Waals surface area (Å²) < 4.78 is 2.03. The summed E-state index contributed by atoms with van der Waals surface area (Å²) in [6.45, 7) is 8.65. The molecule has 1 heterocycles. The number of rotatable bonds is 6. The minimum absolute atomic E-state index is 0.588. The van der Waals surface area contributed by atoms with E-state index in [0.717, 1.165) is 31.3 Å². The van der Waals surface area contributed by atoms with Gasteiger partial charge in [-0.3, -0.25) is 4.68 Å². The van der Waals surface area contributed by atoms with Crippen molar-refractivity contribution in [3.63, 3.8) is 0 Å². The summed E-state index contributed by atoms with van der Waals surface area (Å²) in [5.41, 5.74) is 0. The van der Waals surface area contributed by atoms with Crippen LogP contribution in [0.4, 0.5) is 0 Å². The topological polar surface area (TPSA) is 42.7 Å². The van der Waals surface area contributed by atoms with E-state index in [1.54, 1.807) is 6.33 Å². The van der Waals surface area contributed by atoms with Crippen LogP contribution in [-0.2, 0) is 13.0 Å². The fourth-order valence-corrected chi connectivity index (χ4v) is 2.98. The summed E-state index contributed by atoms with van der Waals surface area (Å²) in [7, 11) is 0. The molecule has 0 radical (unpaired) electrons. The molecule has 1 aliphatic rings. The Balaban J connectivity index is 1.91. The van der Waals surface area contributed by atoms with Crippen molar-refractivity contribution >= 4 is 0 Å². The molecule has 1 aromatic heterocycles. The van der Waals surface area contributed by atoms with Gasteiger partial charge in [0.05, 0.1) is 0 Å². The Kier molecular flexibility index (Phi) is 4.75. The standard InChI is InChI=1S/C14H26N4/c1-4-18-14(16-10-17-18)8-12-6-5-7-13(12)9-15-11(2)3/h10-13,15H,4-9H2,1-3H3. The molecule has 1 fully saturated rings. The SMILES string of the molecule is CCn1ncnc1CC1CCCC1CNC(C)C. The smallest absolute Gasteiger partial charge is 0.138 e. The van der Waals surface area contributed by atoms with Gasteiger partial charge in [0.15, 0.2) is 0 Å². The third-order valence-corrected chi connectivity index (χ3v) is 4.04. The van der Waals surface area contributed by atoms with Crippen LogP contribution in [0.25, 0.3) is 0 Å². The van der Waals surface area contributed by atoms with Gasteiger partial charge in [-0.15, -0.1) is 0 Å². The average Bonchev–Trinajstić information content (AvgIpc) is 2.96. The predicted octanol–water partition coefficient (Wildman–Crippen LogP) is 2.25. The minimum Gasteiger partial charge on any atom is -0.314 e. The molecule has 4 heteroatoms. The van der Waals surface area contributed by atoms with Crippen molar-refractivity contribution in [1.82, 2.24) is 20.1 Å². The van der Waals surface area contributed by atoms with E-state index in [9.17, 15) is 0 Å². The molecular formula is C14H26N4. The van der Waals surface area contributed by atoms with Gasteiger partial charge in [0.2, 0.25) is 0 Å². The zero-order chi connectivity index (χ0) is 13.0. The summed E-state index contributed by atoms with van der Waals surface area (Å²) in [5.74, 6) is 2.76. The van der Waals surface area contributed by atoms with Crippen LogP contribution in [0.3, 0.4) is 0 Å². The van der Waals surface area contributed by atoms with E-state index in [4.69, 9.17) is 0 Å². The van der Waals surface area contributed by atoms with Crippen LogP contribution < -0.4 is 5.32 Å². The maximum Gasteiger partial charge on any atom is 0.138 e. The molecule has 0 amide bonds. The summed E-state index contributed by atoms with van der Waals surface area (Å²) in [5, 5.41) is 7.85. The molecule has 1 N–H and O–H groups in total. The summed E-state index contributed by atoms with van der Waals surface area (Å²) in [6.07, 6.45) is 6.87. The van der Waals surface area contributed by atoms with E-state index in [1.807, 2.05) is 4.68 Å². The third-order valence-electron chi connectivity index (χ3n) is 4.04. The van der Waals surface area contributed by atoms with Gasteiger partial charge in [-0.1, -0.05) is 20.3 Å². The molecule has 2 atom stereocenters. The molecular weight excluding hydrogens is 224 g/mol. The first-order valence-electron chi connectivity index (χ1n) is 7.30. The lowest BCUT2D eigenvalue weighted by molar-refractivity contribution is 0.345. The van der Waals surface area contributed by atoms with Crippen molar-refractivity contribution in [3.05, 3.63) is 12.2 Å². The summed E-state index contributed by atoms with van der Waals surface area (Å²) in [4.78, 5) is 4.41. The van der Waals surface area contributed by atoms with E-state index in [1.165, 1.54) is 25.1 Å². The first-order valence-corrected chi connectivity index (χ1v) is 7.30. The number of nitrogens with zero attached hydrogens (tertiary/aromatic N) is 3. The molecule has 18 heavy (non-hydrogen) atoms. The van der Waals surface area contributed by atoms with Gasteiger partial charge in [0.25, 0.3) is 0 Å². The predicted molar refractivity (Wildman–Crippen MR) is 73.4 cm³/mol. The highest BCUT2D eigenvalue weighted by molar-refractivity contribution is 4.92. The van der Waals surface area contributed by atoms with Crippen molar-refractivity contribution < 1.29 is 0 Å². The monoisotopic (exact) mass is 250 g/mol. The molecule has 0 aromatic carbocycles. The van der Waals surface area contributed by atoms with Gasteiger partial charge in [0.1, 0.15) is 12.2 Å². The molecule has 102 valence electrons. The Morgan fingerprint density at radius 3 is 2.89 bits per heavy atom. The molecule has 0 spiro atoms. The minimum atomic E-state index is 0.588. The van der Waals surface area contributed by atoms with Crippen LogP contribution in [-0.4, -0.2) is 27.4 Å². The van der Waals surface area contributed by atoms with Gasteiger partial charge >= 0.3 is 0 Å². The van der Waals surface area contributed by atoms with Crippen molar-refractivity contribution in [2.75, 3.05) is 6.54 Å².